The van der Waals surface area contributed by atoms with Crippen molar-refractivity contribution in [1.29, 1.82) is 0 Å². The highest BCUT2D eigenvalue weighted by atomic mass is 35.5. The highest BCUT2D eigenvalue weighted by molar-refractivity contribution is 6.30. The molecule has 0 radical (unpaired) electrons. The standard InChI is InChI=1S/C16H19ClN6O.ClH/c1-23-15-13(10-20-23)14(21-16(22-15)18-7-2-8-24)19-9-11-3-5-12(17)6-4-11;/h3-6,10,24H,2,7-9H2,1H3,(H2,18,19,21,22);1H. The highest BCUT2D eigenvalue weighted by Crippen LogP contribution is 2.22. The van der Waals surface area contributed by atoms with Crippen LogP contribution >= 0.6 is 24.0 Å². The van der Waals surface area contributed by atoms with Gasteiger partial charge in [-0.1, -0.05) is 23.7 Å². The number of hydrogen-bond acceptors (Lipinski definition) is 6. The van der Waals surface area contributed by atoms with E-state index in [1.807, 2.05) is 31.3 Å². The fraction of sp³-hybridized carbons (Fsp3) is 0.312. The SMILES string of the molecule is Cl.Cn1ncc2c(NCc3ccc(Cl)cc3)nc(NCCCO)nc21. The van der Waals surface area contributed by atoms with Crippen LogP contribution in [0.1, 0.15) is 12.0 Å². The van der Waals surface area contributed by atoms with Gasteiger partial charge in [-0.25, -0.2) is 0 Å². The van der Waals surface area contributed by atoms with Crippen molar-refractivity contribution in [2.45, 2.75) is 13.0 Å². The van der Waals surface area contributed by atoms with Crippen molar-refractivity contribution in [3.05, 3.63) is 41.0 Å². The van der Waals surface area contributed by atoms with Crippen LogP contribution in [0.2, 0.25) is 5.02 Å². The van der Waals surface area contributed by atoms with Crippen molar-refractivity contribution in [3.63, 3.8) is 0 Å². The Morgan fingerprint density at radius 2 is 1.92 bits per heavy atom. The van der Waals surface area contributed by atoms with Crippen LogP contribution in [0, 0.1) is 0 Å². The average molecular weight is 383 g/mol. The van der Waals surface area contributed by atoms with Gasteiger partial charge in [0.15, 0.2) is 5.65 Å². The number of aromatic nitrogens is 4. The molecule has 0 amide bonds. The van der Waals surface area contributed by atoms with Gasteiger partial charge in [0.2, 0.25) is 5.95 Å². The third-order valence-electron chi connectivity index (χ3n) is 3.58. The second-order valence-electron chi connectivity index (χ2n) is 5.39. The van der Waals surface area contributed by atoms with Crippen LogP contribution in [0.3, 0.4) is 0 Å². The largest absolute Gasteiger partial charge is 0.396 e. The van der Waals surface area contributed by atoms with Crippen molar-refractivity contribution < 1.29 is 5.11 Å². The normalized spacial score (nSPS) is 10.5. The number of hydrogen-bond donors (Lipinski definition) is 3. The van der Waals surface area contributed by atoms with E-state index in [2.05, 4.69) is 25.7 Å². The first-order chi connectivity index (χ1) is 11.7. The van der Waals surface area contributed by atoms with Crippen molar-refractivity contribution in [3.8, 4) is 0 Å². The number of aryl methyl sites for hydroxylation is 1. The Morgan fingerprint density at radius 3 is 2.64 bits per heavy atom. The molecule has 0 aliphatic carbocycles. The summed E-state index contributed by atoms with van der Waals surface area (Å²) in [6.07, 6.45) is 2.39. The Bertz CT molecular complexity index is 821. The lowest BCUT2D eigenvalue weighted by molar-refractivity contribution is 0.292. The fourth-order valence-corrected chi connectivity index (χ4v) is 2.43. The van der Waals surface area contributed by atoms with Crippen LogP contribution < -0.4 is 10.6 Å². The first kappa shape index (κ1) is 19.2. The van der Waals surface area contributed by atoms with Crippen molar-refractivity contribution in [1.82, 2.24) is 19.7 Å². The molecule has 0 saturated heterocycles. The smallest absolute Gasteiger partial charge is 0.226 e. The number of nitrogens with one attached hydrogen (secondary N) is 2. The molecule has 0 saturated carbocycles. The fourth-order valence-electron chi connectivity index (χ4n) is 2.30. The van der Waals surface area contributed by atoms with Crippen LogP contribution in [0.5, 0.6) is 0 Å². The molecular formula is C16H20Cl2N6O. The maximum atomic E-state index is 8.89. The number of aliphatic hydroxyl groups is 1. The summed E-state index contributed by atoms with van der Waals surface area (Å²) >= 11 is 5.91. The Kier molecular flexibility index (Phi) is 6.81. The van der Waals surface area contributed by atoms with Crippen LogP contribution in [0.25, 0.3) is 11.0 Å². The number of nitrogens with zero attached hydrogens (tertiary/aromatic N) is 4. The summed E-state index contributed by atoms with van der Waals surface area (Å²) in [5.74, 6) is 1.23. The molecule has 0 fully saturated rings. The molecule has 0 spiro atoms. The molecule has 25 heavy (non-hydrogen) atoms. The van der Waals surface area contributed by atoms with Gasteiger partial charge in [-0.2, -0.15) is 15.1 Å². The molecule has 1 aromatic carbocycles. The van der Waals surface area contributed by atoms with E-state index in [4.69, 9.17) is 16.7 Å². The minimum Gasteiger partial charge on any atom is -0.396 e. The third-order valence-corrected chi connectivity index (χ3v) is 3.84. The van der Waals surface area contributed by atoms with Gasteiger partial charge < -0.3 is 15.7 Å². The van der Waals surface area contributed by atoms with Crippen molar-refractivity contribution in [2.24, 2.45) is 7.05 Å². The Balaban J connectivity index is 0.00000225. The number of halogens is 2. The van der Waals surface area contributed by atoms with E-state index < -0.39 is 0 Å². The summed E-state index contributed by atoms with van der Waals surface area (Å²) in [7, 11) is 1.84. The molecule has 0 aliphatic heterocycles. The number of fused-ring (bicyclic) bond motifs is 1. The third kappa shape index (κ3) is 4.72. The predicted octanol–water partition coefficient (Wildman–Crippen LogP) is 2.84. The van der Waals surface area contributed by atoms with Crippen LogP contribution in [0.15, 0.2) is 30.5 Å². The average Bonchev–Trinajstić information content (AvgIpc) is 2.96. The first-order valence-electron chi connectivity index (χ1n) is 7.70. The number of benzene rings is 1. The van der Waals surface area contributed by atoms with Crippen molar-refractivity contribution in [2.75, 3.05) is 23.8 Å². The van der Waals surface area contributed by atoms with Gasteiger partial charge in [-0.05, 0) is 24.1 Å². The monoisotopic (exact) mass is 382 g/mol. The van der Waals surface area contributed by atoms with Gasteiger partial charge in [-0.15, -0.1) is 12.4 Å². The molecule has 0 aliphatic rings. The Morgan fingerprint density at radius 1 is 1.16 bits per heavy atom. The van der Waals surface area contributed by atoms with E-state index in [0.29, 0.717) is 30.5 Å². The van der Waals surface area contributed by atoms with Gasteiger partial charge in [0, 0.05) is 31.8 Å². The highest BCUT2D eigenvalue weighted by Gasteiger charge is 2.11. The first-order valence-corrected chi connectivity index (χ1v) is 8.08. The zero-order valence-corrected chi connectivity index (χ0v) is 15.3. The van der Waals surface area contributed by atoms with Gasteiger partial charge in [0.05, 0.1) is 11.6 Å². The zero-order chi connectivity index (χ0) is 16.9. The topological polar surface area (TPSA) is 87.9 Å². The molecule has 9 heteroatoms. The number of rotatable bonds is 7. The van der Waals surface area contributed by atoms with E-state index in [-0.39, 0.29) is 19.0 Å². The molecular weight excluding hydrogens is 363 g/mol. The number of anilines is 2. The quantitative estimate of drug-likeness (QED) is 0.544. The second-order valence-corrected chi connectivity index (χ2v) is 5.82. The van der Waals surface area contributed by atoms with Crippen LogP contribution in [-0.2, 0) is 13.6 Å². The summed E-state index contributed by atoms with van der Waals surface area (Å²) in [6, 6.07) is 7.66. The summed E-state index contributed by atoms with van der Waals surface area (Å²) in [6.45, 7) is 1.35. The molecule has 0 unspecified atom stereocenters. The van der Waals surface area contributed by atoms with Crippen LogP contribution in [0.4, 0.5) is 11.8 Å². The summed E-state index contributed by atoms with van der Waals surface area (Å²) in [5.41, 5.74) is 1.85. The minimum atomic E-state index is 0. The lowest BCUT2D eigenvalue weighted by Gasteiger charge is -2.10. The molecule has 134 valence electrons. The second kappa shape index (κ2) is 8.84. The molecule has 0 atom stereocenters. The van der Waals surface area contributed by atoms with Gasteiger partial charge in [0.1, 0.15) is 5.82 Å². The van der Waals surface area contributed by atoms with Crippen molar-refractivity contribution >= 4 is 46.8 Å². The predicted molar refractivity (Wildman–Crippen MR) is 103 cm³/mol. The Hall–Kier alpha value is -2.09. The molecule has 3 N–H and O–H groups in total. The van der Waals surface area contributed by atoms with Gasteiger partial charge in [0.25, 0.3) is 0 Å². The molecule has 2 heterocycles. The minimum absolute atomic E-state index is 0. The van der Waals surface area contributed by atoms with Gasteiger partial charge >= 0.3 is 0 Å². The summed E-state index contributed by atoms with van der Waals surface area (Å²) in [4.78, 5) is 9.00. The van der Waals surface area contributed by atoms with E-state index in [1.54, 1.807) is 10.9 Å². The molecule has 2 aromatic heterocycles. The lowest BCUT2D eigenvalue weighted by atomic mass is 10.2. The Labute approximate surface area is 156 Å². The van der Waals surface area contributed by atoms with Gasteiger partial charge in [-0.3, -0.25) is 4.68 Å². The van der Waals surface area contributed by atoms with Crippen LogP contribution in [-0.4, -0.2) is 38.0 Å². The van der Waals surface area contributed by atoms with E-state index >= 15 is 0 Å². The maximum absolute atomic E-state index is 8.89. The summed E-state index contributed by atoms with van der Waals surface area (Å²) < 4.78 is 1.71. The maximum Gasteiger partial charge on any atom is 0.226 e. The molecule has 0 bridgehead atoms. The lowest BCUT2D eigenvalue weighted by Crippen LogP contribution is -2.10. The molecule has 7 nitrogen and oxygen atoms in total. The molecule has 3 aromatic rings. The summed E-state index contributed by atoms with van der Waals surface area (Å²) in [5, 5.41) is 21.2. The van der Waals surface area contributed by atoms with E-state index in [1.165, 1.54) is 0 Å². The van der Waals surface area contributed by atoms with E-state index in [9.17, 15) is 0 Å². The zero-order valence-electron chi connectivity index (χ0n) is 13.7. The molecule has 3 rings (SSSR count). The number of aliphatic hydroxyl groups excluding tert-OH is 1. The van der Waals surface area contributed by atoms with E-state index in [0.717, 1.165) is 22.4 Å².